The number of benzene rings is 4. The SMILES string of the molecule is BrCCCCCCCCCCOc1cccc(C(C#Cc2ccc(I)cc2)(c2cccc(OCCCCCCCCCCBr)c2)c2cccc(OCCCCCCCCCCBr)c2)c1. The van der Waals surface area contributed by atoms with Gasteiger partial charge < -0.3 is 14.2 Å². The van der Waals surface area contributed by atoms with E-state index in [1.165, 1.54) is 138 Å². The van der Waals surface area contributed by atoms with Crippen LogP contribution in [0.15, 0.2) is 97.1 Å². The summed E-state index contributed by atoms with van der Waals surface area (Å²) in [5, 5.41) is 3.35. The van der Waals surface area contributed by atoms with Gasteiger partial charge in [-0.05, 0) is 138 Å². The maximum Gasteiger partial charge on any atom is 0.119 e. The number of alkyl halides is 3. The van der Waals surface area contributed by atoms with Gasteiger partial charge in [0.1, 0.15) is 22.7 Å². The van der Waals surface area contributed by atoms with Gasteiger partial charge in [0.25, 0.3) is 0 Å². The Kier molecular flexibility index (Phi) is 30.0. The van der Waals surface area contributed by atoms with Crippen LogP contribution < -0.4 is 14.2 Å². The molecule has 7 heteroatoms. The van der Waals surface area contributed by atoms with Gasteiger partial charge in [0.15, 0.2) is 0 Å². The lowest BCUT2D eigenvalue weighted by molar-refractivity contribution is 0.303. The molecule has 0 aromatic heterocycles. The Labute approximate surface area is 428 Å². The summed E-state index contributed by atoms with van der Waals surface area (Å²) in [6.45, 7) is 2.11. The molecule has 0 atom stereocenters. The molecular weight excluding hydrogens is 1100 g/mol. The van der Waals surface area contributed by atoms with Crippen molar-refractivity contribution in [2.45, 2.75) is 160 Å². The Bertz CT molecular complexity index is 1690. The van der Waals surface area contributed by atoms with Gasteiger partial charge >= 0.3 is 0 Å². The topological polar surface area (TPSA) is 27.7 Å². The molecule has 0 unspecified atom stereocenters. The minimum Gasteiger partial charge on any atom is -0.494 e. The summed E-state index contributed by atoms with van der Waals surface area (Å²) in [5.41, 5.74) is 3.32. The van der Waals surface area contributed by atoms with Gasteiger partial charge in [-0.25, -0.2) is 0 Å². The van der Waals surface area contributed by atoms with E-state index in [-0.39, 0.29) is 0 Å². The van der Waals surface area contributed by atoms with Crippen molar-refractivity contribution in [3.8, 4) is 29.1 Å². The van der Waals surface area contributed by atoms with E-state index in [0.717, 1.165) is 74.8 Å². The summed E-state index contributed by atoms with van der Waals surface area (Å²) in [5.74, 6) is 10.2. The molecule has 0 heterocycles. The molecule has 0 N–H and O–H groups in total. The third kappa shape index (κ3) is 21.8. The summed E-state index contributed by atoms with van der Waals surface area (Å²) in [4.78, 5) is 0. The first-order valence-electron chi connectivity index (χ1n) is 24.8. The van der Waals surface area contributed by atoms with Crippen molar-refractivity contribution in [1.82, 2.24) is 0 Å². The molecule has 0 aliphatic rings. The molecule has 4 rings (SSSR count). The number of hydrogen-bond donors (Lipinski definition) is 0. The standard InChI is InChI=1S/C57H76Br3IO3/c58-40-19-13-7-1-4-10-16-22-43-62-54-31-25-28-50(46-54)57(39-38-49-34-36-53(61)37-35-49,51-29-26-32-55(47-51)63-44-23-17-11-5-2-8-14-20-41-59)52-30-27-33-56(48-52)64-45-24-18-12-6-3-9-15-21-42-60/h25-37,46-48H,1-24,40-45H2. The second-order valence-electron chi connectivity index (χ2n) is 17.2. The van der Waals surface area contributed by atoms with Crippen molar-refractivity contribution in [2.75, 3.05) is 35.8 Å². The van der Waals surface area contributed by atoms with Gasteiger partial charge in [-0.15, -0.1) is 0 Å². The van der Waals surface area contributed by atoms with Crippen molar-refractivity contribution in [3.05, 3.63) is 123 Å². The van der Waals surface area contributed by atoms with Gasteiger partial charge in [0.2, 0.25) is 0 Å². The summed E-state index contributed by atoms with van der Waals surface area (Å²) in [6, 6.07) is 34.5. The van der Waals surface area contributed by atoms with E-state index in [1.807, 2.05) is 0 Å². The van der Waals surface area contributed by atoms with Crippen molar-refractivity contribution in [1.29, 1.82) is 0 Å². The monoisotopic (exact) mass is 1170 g/mol. The summed E-state index contributed by atoms with van der Waals surface area (Å²) in [6.07, 6.45) is 30.3. The normalized spacial score (nSPS) is 11.3. The van der Waals surface area contributed by atoms with Crippen LogP contribution in [-0.4, -0.2) is 35.8 Å². The molecule has 0 aliphatic carbocycles. The van der Waals surface area contributed by atoms with E-state index >= 15 is 0 Å². The van der Waals surface area contributed by atoms with Crippen LogP contribution in [0.3, 0.4) is 0 Å². The molecule has 4 aromatic rings. The lowest BCUT2D eigenvalue weighted by atomic mass is 9.69. The molecule has 64 heavy (non-hydrogen) atoms. The third-order valence-corrected chi connectivity index (χ3v) is 14.3. The van der Waals surface area contributed by atoms with E-state index in [9.17, 15) is 0 Å². The average molecular weight is 1180 g/mol. The highest BCUT2D eigenvalue weighted by atomic mass is 127. The Hall–Kier alpha value is -1.99. The van der Waals surface area contributed by atoms with Crippen LogP contribution in [0, 0.1) is 15.4 Å². The average Bonchev–Trinajstić information content (AvgIpc) is 3.32. The molecule has 0 aliphatic heterocycles. The maximum absolute atomic E-state index is 6.52. The summed E-state index contributed by atoms with van der Waals surface area (Å²) >= 11 is 13.0. The van der Waals surface area contributed by atoms with Crippen LogP contribution >= 0.6 is 70.4 Å². The first kappa shape index (κ1) is 54.6. The van der Waals surface area contributed by atoms with Gasteiger partial charge in [-0.3, -0.25) is 0 Å². The van der Waals surface area contributed by atoms with Crippen molar-refractivity contribution >= 4 is 70.4 Å². The fourth-order valence-electron chi connectivity index (χ4n) is 8.21. The quantitative estimate of drug-likeness (QED) is 0.0149. The van der Waals surface area contributed by atoms with E-state index in [4.69, 9.17) is 14.2 Å². The Morgan fingerprint density at radius 1 is 0.375 bits per heavy atom. The van der Waals surface area contributed by atoms with Crippen molar-refractivity contribution in [2.24, 2.45) is 0 Å². The van der Waals surface area contributed by atoms with Gasteiger partial charge in [-0.2, -0.15) is 0 Å². The molecule has 4 aromatic carbocycles. The number of hydrogen-bond acceptors (Lipinski definition) is 3. The molecule has 0 saturated carbocycles. The van der Waals surface area contributed by atoms with Crippen LogP contribution in [0.5, 0.6) is 17.2 Å². The lowest BCUT2D eigenvalue weighted by Crippen LogP contribution is -2.28. The summed E-state index contributed by atoms with van der Waals surface area (Å²) < 4.78 is 20.8. The second kappa shape index (κ2) is 35.2. The molecule has 0 fully saturated rings. The maximum atomic E-state index is 6.52. The second-order valence-corrected chi connectivity index (χ2v) is 20.8. The number of unbranched alkanes of at least 4 members (excludes halogenated alkanes) is 21. The Morgan fingerprint density at radius 2 is 0.672 bits per heavy atom. The fraction of sp³-hybridized carbons (Fsp3) is 0.544. The lowest BCUT2D eigenvalue weighted by Gasteiger charge is -2.32. The van der Waals surface area contributed by atoms with Crippen LogP contribution in [0.2, 0.25) is 0 Å². The minimum absolute atomic E-state index is 0.704. The molecular formula is C57H76Br3IO3. The minimum atomic E-state index is -0.848. The highest BCUT2D eigenvalue weighted by Crippen LogP contribution is 2.42. The number of halogens is 4. The zero-order chi connectivity index (χ0) is 45.2. The largest absolute Gasteiger partial charge is 0.494 e. The molecule has 350 valence electrons. The zero-order valence-corrected chi connectivity index (χ0v) is 45.6. The molecule has 0 saturated heterocycles. The predicted molar refractivity (Wildman–Crippen MR) is 294 cm³/mol. The van der Waals surface area contributed by atoms with Gasteiger partial charge in [0, 0.05) is 25.1 Å². The number of rotatable bonds is 36. The highest BCUT2D eigenvalue weighted by molar-refractivity contribution is 14.1. The van der Waals surface area contributed by atoms with E-state index in [0.29, 0.717) is 19.8 Å². The molecule has 0 amide bonds. The number of ether oxygens (including phenoxy) is 3. The van der Waals surface area contributed by atoms with E-state index in [1.54, 1.807) is 0 Å². The van der Waals surface area contributed by atoms with Crippen molar-refractivity contribution < 1.29 is 14.2 Å². The van der Waals surface area contributed by atoms with E-state index < -0.39 is 5.41 Å². The van der Waals surface area contributed by atoms with Crippen LogP contribution in [-0.2, 0) is 5.41 Å². The van der Waals surface area contributed by atoms with E-state index in [2.05, 4.69) is 179 Å². The third-order valence-electron chi connectivity index (χ3n) is 11.9. The van der Waals surface area contributed by atoms with Crippen LogP contribution in [0.1, 0.15) is 176 Å². The molecule has 3 nitrogen and oxygen atoms in total. The molecule has 0 bridgehead atoms. The van der Waals surface area contributed by atoms with Crippen molar-refractivity contribution in [3.63, 3.8) is 0 Å². The Balaban J connectivity index is 1.59. The zero-order valence-electron chi connectivity index (χ0n) is 38.7. The summed E-state index contributed by atoms with van der Waals surface area (Å²) in [7, 11) is 0. The smallest absolute Gasteiger partial charge is 0.119 e. The Morgan fingerprint density at radius 3 is 0.984 bits per heavy atom. The fourth-order valence-corrected chi connectivity index (χ4v) is 9.76. The van der Waals surface area contributed by atoms with Crippen LogP contribution in [0.25, 0.3) is 0 Å². The molecule has 0 spiro atoms. The molecule has 0 radical (unpaired) electrons. The predicted octanol–water partition coefficient (Wildman–Crippen LogP) is 18.4. The van der Waals surface area contributed by atoms with Gasteiger partial charge in [0.05, 0.1) is 19.8 Å². The van der Waals surface area contributed by atoms with Crippen LogP contribution in [0.4, 0.5) is 0 Å². The first-order valence-corrected chi connectivity index (χ1v) is 29.2. The van der Waals surface area contributed by atoms with Gasteiger partial charge in [-0.1, -0.05) is 212 Å². The highest BCUT2D eigenvalue weighted by Gasteiger charge is 2.36. The first-order chi connectivity index (χ1) is 31.6.